The van der Waals surface area contributed by atoms with Gasteiger partial charge in [-0.3, -0.25) is 9.79 Å². The molecule has 118 valence electrons. The van der Waals surface area contributed by atoms with Gasteiger partial charge in [-0.05, 0) is 24.5 Å². The highest BCUT2D eigenvalue weighted by Gasteiger charge is 2.25. The van der Waals surface area contributed by atoms with Crippen molar-refractivity contribution in [2.75, 3.05) is 18.0 Å². The van der Waals surface area contributed by atoms with E-state index in [2.05, 4.69) is 10.3 Å². The lowest BCUT2D eigenvalue weighted by molar-refractivity contribution is -0.117. The first kappa shape index (κ1) is 14.9. The fraction of sp³-hybridized carbons (Fsp3) is 0.529. The standard InChI is InChI=1S/C17H24N4O/c18-17(20-14-7-2-1-3-8-14)19-10-11-21-15-9-5-4-6-13(15)12-16(21)22/h4-6,9,14H,1-3,7-8,10-12H2,(H3,18,19,20). The predicted octanol–water partition coefficient (Wildman–Crippen LogP) is 1.81. The zero-order valence-electron chi connectivity index (χ0n) is 12.9. The number of aliphatic imine (C=N–C) groups is 1. The molecular weight excluding hydrogens is 276 g/mol. The number of nitrogens with one attached hydrogen (secondary N) is 1. The number of rotatable bonds is 4. The van der Waals surface area contributed by atoms with Gasteiger partial charge in [-0.1, -0.05) is 37.5 Å². The normalized spacial score (nSPS) is 19.4. The molecule has 5 nitrogen and oxygen atoms in total. The highest BCUT2D eigenvalue weighted by Crippen LogP contribution is 2.27. The van der Waals surface area contributed by atoms with E-state index in [1.54, 1.807) is 0 Å². The molecule has 3 N–H and O–H groups in total. The second kappa shape index (κ2) is 6.81. The van der Waals surface area contributed by atoms with Gasteiger partial charge in [-0.2, -0.15) is 0 Å². The number of benzene rings is 1. The molecule has 0 aromatic heterocycles. The predicted molar refractivity (Wildman–Crippen MR) is 89.0 cm³/mol. The number of nitrogens with two attached hydrogens (primary N) is 1. The molecule has 0 spiro atoms. The van der Waals surface area contributed by atoms with E-state index in [4.69, 9.17) is 5.73 Å². The van der Waals surface area contributed by atoms with Crippen molar-refractivity contribution in [1.82, 2.24) is 5.32 Å². The fourth-order valence-corrected chi connectivity index (χ4v) is 3.33. The number of hydrogen-bond acceptors (Lipinski definition) is 2. The van der Waals surface area contributed by atoms with Gasteiger partial charge in [-0.25, -0.2) is 0 Å². The molecule has 1 aliphatic heterocycles. The summed E-state index contributed by atoms with van der Waals surface area (Å²) in [5, 5.41) is 3.30. The molecule has 3 rings (SSSR count). The largest absolute Gasteiger partial charge is 0.370 e. The summed E-state index contributed by atoms with van der Waals surface area (Å²) >= 11 is 0. The van der Waals surface area contributed by atoms with E-state index in [1.165, 1.54) is 32.1 Å². The number of anilines is 1. The van der Waals surface area contributed by atoms with Crippen molar-refractivity contribution in [3.63, 3.8) is 0 Å². The molecule has 0 radical (unpaired) electrons. The molecular formula is C17H24N4O. The van der Waals surface area contributed by atoms with Crippen LogP contribution in [-0.4, -0.2) is 31.0 Å². The maximum Gasteiger partial charge on any atom is 0.231 e. The number of carbonyl (C=O) groups excluding carboxylic acids is 1. The molecule has 1 aromatic carbocycles. The van der Waals surface area contributed by atoms with Crippen LogP contribution in [0.4, 0.5) is 5.69 Å². The third-order valence-corrected chi connectivity index (χ3v) is 4.49. The zero-order valence-corrected chi connectivity index (χ0v) is 12.9. The molecule has 0 saturated heterocycles. The molecule has 1 heterocycles. The number of carbonyl (C=O) groups is 1. The number of hydrogen-bond donors (Lipinski definition) is 2. The summed E-state index contributed by atoms with van der Waals surface area (Å²) in [4.78, 5) is 18.2. The summed E-state index contributed by atoms with van der Waals surface area (Å²) < 4.78 is 0. The molecule has 1 saturated carbocycles. The van der Waals surface area contributed by atoms with Crippen LogP contribution in [0, 0.1) is 0 Å². The maximum atomic E-state index is 12.1. The summed E-state index contributed by atoms with van der Waals surface area (Å²) in [6.07, 6.45) is 6.71. The van der Waals surface area contributed by atoms with Crippen molar-refractivity contribution in [1.29, 1.82) is 0 Å². The van der Waals surface area contributed by atoms with Gasteiger partial charge in [-0.15, -0.1) is 0 Å². The van der Waals surface area contributed by atoms with Crippen molar-refractivity contribution in [3.8, 4) is 0 Å². The molecule has 0 unspecified atom stereocenters. The number of guanidine groups is 1. The summed E-state index contributed by atoms with van der Waals surface area (Å²) in [5.41, 5.74) is 8.07. The molecule has 1 amide bonds. The van der Waals surface area contributed by atoms with Gasteiger partial charge < -0.3 is 16.0 Å². The number of nitrogens with zero attached hydrogens (tertiary/aromatic N) is 2. The van der Waals surface area contributed by atoms with Crippen LogP contribution in [0.15, 0.2) is 29.3 Å². The van der Waals surface area contributed by atoms with Crippen molar-refractivity contribution < 1.29 is 4.79 Å². The summed E-state index contributed by atoms with van der Waals surface area (Å²) in [6.45, 7) is 1.12. The lowest BCUT2D eigenvalue weighted by atomic mass is 9.96. The van der Waals surface area contributed by atoms with Crippen LogP contribution in [0.1, 0.15) is 37.7 Å². The highest BCUT2D eigenvalue weighted by molar-refractivity contribution is 6.01. The molecule has 1 fully saturated rings. The van der Waals surface area contributed by atoms with E-state index >= 15 is 0 Å². The van der Waals surface area contributed by atoms with Crippen molar-refractivity contribution in [2.24, 2.45) is 10.7 Å². The Kier molecular flexibility index (Phi) is 4.61. The second-order valence-electron chi connectivity index (χ2n) is 6.10. The Morgan fingerprint density at radius 2 is 2.05 bits per heavy atom. The average Bonchev–Trinajstić information content (AvgIpc) is 2.84. The minimum atomic E-state index is 0.148. The topological polar surface area (TPSA) is 70.7 Å². The smallest absolute Gasteiger partial charge is 0.231 e. The molecule has 0 bridgehead atoms. The quantitative estimate of drug-likeness (QED) is 0.658. The summed E-state index contributed by atoms with van der Waals surface area (Å²) in [6, 6.07) is 8.40. The van der Waals surface area contributed by atoms with Crippen molar-refractivity contribution in [3.05, 3.63) is 29.8 Å². The van der Waals surface area contributed by atoms with Crippen LogP contribution in [0.2, 0.25) is 0 Å². The van der Waals surface area contributed by atoms with Gasteiger partial charge >= 0.3 is 0 Å². The van der Waals surface area contributed by atoms with Crippen LogP contribution >= 0.6 is 0 Å². The highest BCUT2D eigenvalue weighted by atomic mass is 16.2. The molecule has 1 aromatic rings. The van der Waals surface area contributed by atoms with Gasteiger partial charge in [0.25, 0.3) is 0 Å². The van der Waals surface area contributed by atoms with E-state index in [9.17, 15) is 4.79 Å². The van der Waals surface area contributed by atoms with Crippen LogP contribution < -0.4 is 16.0 Å². The van der Waals surface area contributed by atoms with Crippen molar-refractivity contribution in [2.45, 2.75) is 44.6 Å². The molecule has 0 atom stereocenters. The molecule has 5 heteroatoms. The summed E-state index contributed by atoms with van der Waals surface area (Å²) in [7, 11) is 0. The Morgan fingerprint density at radius 1 is 1.27 bits per heavy atom. The molecule has 22 heavy (non-hydrogen) atoms. The van der Waals surface area contributed by atoms with E-state index in [0.717, 1.165) is 11.3 Å². The zero-order chi connectivity index (χ0) is 15.4. The number of fused-ring (bicyclic) bond motifs is 1. The fourth-order valence-electron chi connectivity index (χ4n) is 3.33. The minimum Gasteiger partial charge on any atom is -0.370 e. The Labute approximate surface area is 131 Å². The van der Waals surface area contributed by atoms with Crippen LogP contribution in [0.5, 0.6) is 0 Å². The van der Waals surface area contributed by atoms with E-state index in [1.807, 2.05) is 29.2 Å². The third kappa shape index (κ3) is 3.40. The van der Waals surface area contributed by atoms with Gasteiger partial charge in [0.15, 0.2) is 5.96 Å². The van der Waals surface area contributed by atoms with Gasteiger partial charge in [0.05, 0.1) is 13.0 Å². The van der Waals surface area contributed by atoms with Crippen molar-refractivity contribution >= 4 is 17.6 Å². The average molecular weight is 300 g/mol. The van der Waals surface area contributed by atoms with Crippen LogP contribution in [0.25, 0.3) is 0 Å². The Bertz CT molecular complexity index is 564. The van der Waals surface area contributed by atoms with Gasteiger partial charge in [0.2, 0.25) is 5.91 Å². The monoisotopic (exact) mass is 300 g/mol. The maximum absolute atomic E-state index is 12.1. The first-order valence-corrected chi connectivity index (χ1v) is 8.19. The first-order chi connectivity index (χ1) is 10.7. The van der Waals surface area contributed by atoms with E-state index in [0.29, 0.717) is 31.5 Å². The SMILES string of the molecule is NC(=NCCN1C(=O)Cc2ccccc21)NC1CCCCC1. The van der Waals surface area contributed by atoms with E-state index < -0.39 is 0 Å². The van der Waals surface area contributed by atoms with E-state index in [-0.39, 0.29) is 5.91 Å². The van der Waals surface area contributed by atoms with Gasteiger partial charge in [0.1, 0.15) is 0 Å². The molecule has 2 aliphatic rings. The molecule has 1 aliphatic carbocycles. The number of para-hydroxylation sites is 1. The van der Waals surface area contributed by atoms with Gasteiger partial charge in [0, 0.05) is 18.3 Å². The second-order valence-corrected chi connectivity index (χ2v) is 6.10. The first-order valence-electron chi connectivity index (χ1n) is 8.19. The summed E-state index contributed by atoms with van der Waals surface area (Å²) in [5.74, 6) is 0.655. The Hall–Kier alpha value is -2.04. The minimum absolute atomic E-state index is 0.148. The number of amides is 1. The van der Waals surface area contributed by atoms with Crippen LogP contribution in [-0.2, 0) is 11.2 Å². The third-order valence-electron chi connectivity index (χ3n) is 4.49. The van der Waals surface area contributed by atoms with Crippen LogP contribution in [0.3, 0.4) is 0 Å². The lowest BCUT2D eigenvalue weighted by Crippen LogP contribution is -2.41. The Morgan fingerprint density at radius 3 is 2.86 bits per heavy atom. The Balaban J connectivity index is 1.52. The lowest BCUT2D eigenvalue weighted by Gasteiger charge is -2.23.